The summed E-state index contributed by atoms with van der Waals surface area (Å²) in [5.74, 6) is 0.723. The van der Waals surface area contributed by atoms with E-state index in [9.17, 15) is 9.90 Å². The van der Waals surface area contributed by atoms with Gasteiger partial charge in [-0.2, -0.15) is 0 Å². The zero-order valence-electron chi connectivity index (χ0n) is 14.4. The number of carbonyl (C=O) groups is 1. The molecule has 5 nitrogen and oxygen atoms in total. The quantitative estimate of drug-likeness (QED) is 0.878. The van der Waals surface area contributed by atoms with E-state index in [1.807, 2.05) is 4.90 Å². The van der Waals surface area contributed by atoms with Crippen molar-refractivity contribution < 1.29 is 14.6 Å². The average Bonchev–Trinajstić information content (AvgIpc) is 2.67. The predicted molar refractivity (Wildman–Crippen MR) is 96.7 cm³/mol. The summed E-state index contributed by atoms with van der Waals surface area (Å²) in [5.41, 5.74) is 2.43. The number of aromatic hydroxyl groups is 1. The second-order valence-corrected chi connectivity index (χ2v) is 6.18. The van der Waals surface area contributed by atoms with Gasteiger partial charge in [0, 0.05) is 19.6 Å². The van der Waals surface area contributed by atoms with Crippen LogP contribution in [0.1, 0.15) is 24.1 Å². The molecule has 0 bridgehead atoms. The Labute approximate surface area is 148 Å². The number of amides is 1. The molecule has 1 unspecified atom stereocenters. The minimum Gasteiger partial charge on any atom is -0.508 e. The molecule has 3 rings (SSSR count). The van der Waals surface area contributed by atoms with E-state index in [1.165, 1.54) is 5.56 Å². The Bertz CT molecular complexity index is 698. The Morgan fingerprint density at radius 1 is 1.20 bits per heavy atom. The lowest BCUT2D eigenvalue weighted by Gasteiger charge is -2.36. The molecule has 2 aromatic carbocycles. The highest BCUT2D eigenvalue weighted by atomic mass is 16.5. The summed E-state index contributed by atoms with van der Waals surface area (Å²) in [4.78, 5) is 14.6. The van der Waals surface area contributed by atoms with Gasteiger partial charge in [0.05, 0.1) is 6.04 Å². The van der Waals surface area contributed by atoms with Gasteiger partial charge in [-0.3, -0.25) is 4.79 Å². The molecule has 1 heterocycles. The number of nitrogens with one attached hydrogen (secondary N) is 1. The first-order chi connectivity index (χ1) is 12.2. The van der Waals surface area contributed by atoms with Crippen molar-refractivity contribution in [3.05, 3.63) is 59.7 Å². The summed E-state index contributed by atoms with van der Waals surface area (Å²) < 4.78 is 5.57. The molecule has 5 heteroatoms. The Hall–Kier alpha value is -2.53. The van der Waals surface area contributed by atoms with Gasteiger partial charge in [-0.1, -0.05) is 31.2 Å². The summed E-state index contributed by atoms with van der Waals surface area (Å²) in [5, 5.41) is 12.7. The molecular formula is C20H24N2O3. The lowest BCUT2D eigenvalue weighted by atomic mass is 10.0. The Morgan fingerprint density at radius 2 is 1.92 bits per heavy atom. The van der Waals surface area contributed by atoms with E-state index in [0.29, 0.717) is 12.3 Å². The van der Waals surface area contributed by atoms with Crippen LogP contribution in [-0.2, 0) is 11.2 Å². The fourth-order valence-corrected chi connectivity index (χ4v) is 3.05. The van der Waals surface area contributed by atoms with Gasteiger partial charge in [0.1, 0.15) is 11.5 Å². The van der Waals surface area contributed by atoms with E-state index in [1.54, 1.807) is 24.3 Å². The number of hydrogen-bond acceptors (Lipinski definition) is 4. The maximum absolute atomic E-state index is 12.7. The van der Waals surface area contributed by atoms with Gasteiger partial charge in [-0.25, -0.2) is 0 Å². The largest absolute Gasteiger partial charge is 0.508 e. The number of phenols is 1. The van der Waals surface area contributed by atoms with Gasteiger partial charge in [0.2, 0.25) is 0 Å². The summed E-state index contributed by atoms with van der Waals surface area (Å²) in [7, 11) is 0. The zero-order chi connectivity index (χ0) is 17.6. The number of piperazine rings is 1. The first-order valence-corrected chi connectivity index (χ1v) is 8.68. The Kier molecular flexibility index (Phi) is 5.56. The van der Waals surface area contributed by atoms with E-state index < -0.39 is 0 Å². The first-order valence-electron chi connectivity index (χ1n) is 8.68. The third-order valence-electron chi connectivity index (χ3n) is 4.54. The molecule has 0 aromatic heterocycles. The second kappa shape index (κ2) is 8.03. The van der Waals surface area contributed by atoms with Crippen LogP contribution >= 0.6 is 0 Å². The minimum atomic E-state index is -0.0286. The highest BCUT2D eigenvalue weighted by Gasteiger charge is 2.28. The molecule has 0 saturated carbocycles. The Morgan fingerprint density at radius 3 is 2.60 bits per heavy atom. The van der Waals surface area contributed by atoms with Crippen molar-refractivity contribution in [1.29, 1.82) is 0 Å². The topological polar surface area (TPSA) is 61.8 Å². The summed E-state index contributed by atoms with van der Waals surface area (Å²) in [6.45, 7) is 4.32. The molecule has 1 atom stereocenters. The monoisotopic (exact) mass is 340 g/mol. The number of ether oxygens (including phenoxy) is 1. The summed E-state index contributed by atoms with van der Waals surface area (Å²) >= 11 is 0. The van der Waals surface area contributed by atoms with Gasteiger partial charge in [0.15, 0.2) is 6.61 Å². The lowest BCUT2D eigenvalue weighted by Crippen LogP contribution is -2.50. The van der Waals surface area contributed by atoms with Gasteiger partial charge in [-0.05, 0) is 41.8 Å². The predicted octanol–water partition coefficient (Wildman–Crippen LogP) is 2.51. The van der Waals surface area contributed by atoms with Crippen molar-refractivity contribution in [3.8, 4) is 11.5 Å². The van der Waals surface area contributed by atoms with Crippen molar-refractivity contribution in [2.75, 3.05) is 26.2 Å². The van der Waals surface area contributed by atoms with E-state index in [4.69, 9.17) is 4.74 Å². The van der Waals surface area contributed by atoms with Crippen LogP contribution in [0.15, 0.2) is 48.5 Å². The van der Waals surface area contributed by atoms with E-state index in [-0.39, 0.29) is 24.3 Å². The van der Waals surface area contributed by atoms with Crippen LogP contribution in [0, 0.1) is 0 Å². The molecule has 25 heavy (non-hydrogen) atoms. The number of aryl methyl sites for hydroxylation is 1. The van der Waals surface area contributed by atoms with Gasteiger partial charge >= 0.3 is 0 Å². The fourth-order valence-electron chi connectivity index (χ4n) is 3.05. The molecule has 0 radical (unpaired) electrons. The number of carbonyl (C=O) groups excluding carboxylic acids is 1. The van der Waals surface area contributed by atoms with Crippen molar-refractivity contribution in [2.24, 2.45) is 0 Å². The van der Waals surface area contributed by atoms with Crippen LogP contribution < -0.4 is 10.1 Å². The van der Waals surface area contributed by atoms with E-state index in [2.05, 4.69) is 36.5 Å². The van der Waals surface area contributed by atoms with Crippen LogP contribution in [0.25, 0.3) is 0 Å². The second-order valence-electron chi connectivity index (χ2n) is 6.18. The van der Waals surface area contributed by atoms with Crippen LogP contribution in [-0.4, -0.2) is 42.2 Å². The van der Waals surface area contributed by atoms with Crippen LogP contribution in [0.3, 0.4) is 0 Å². The third-order valence-corrected chi connectivity index (χ3v) is 4.54. The van der Waals surface area contributed by atoms with E-state index in [0.717, 1.165) is 25.1 Å². The van der Waals surface area contributed by atoms with E-state index >= 15 is 0 Å². The molecule has 0 aliphatic carbocycles. The highest BCUT2D eigenvalue weighted by molar-refractivity contribution is 5.78. The maximum atomic E-state index is 12.7. The molecule has 1 fully saturated rings. The Balaban J connectivity index is 1.66. The normalized spacial score (nSPS) is 17.3. The maximum Gasteiger partial charge on any atom is 0.261 e. The first kappa shape index (κ1) is 17.3. The number of benzene rings is 2. The fraction of sp³-hybridized carbons (Fsp3) is 0.350. The molecule has 2 N–H and O–H groups in total. The van der Waals surface area contributed by atoms with Crippen LogP contribution in [0.4, 0.5) is 0 Å². The van der Waals surface area contributed by atoms with Crippen LogP contribution in [0.2, 0.25) is 0 Å². The molecule has 132 valence electrons. The SMILES string of the molecule is CCc1ccc(C2CNCCN2C(=O)COc2ccc(O)cc2)cc1. The van der Waals surface area contributed by atoms with Crippen molar-refractivity contribution in [2.45, 2.75) is 19.4 Å². The van der Waals surface area contributed by atoms with Crippen molar-refractivity contribution in [1.82, 2.24) is 10.2 Å². The zero-order valence-corrected chi connectivity index (χ0v) is 14.4. The smallest absolute Gasteiger partial charge is 0.261 e. The van der Waals surface area contributed by atoms with Gasteiger partial charge < -0.3 is 20.1 Å². The van der Waals surface area contributed by atoms with Crippen LogP contribution in [0.5, 0.6) is 11.5 Å². The highest BCUT2D eigenvalue weighted by Crippen LogP contribution is 2.23. The van der Waals surface area contributed by atoms with Gasteiger partial charge in [-0.15, -0.1) is 0 Å². The lowest BCUT2D eigenvalue weighted by molar-refractivity contribution is -0.136. The number of hydrogen-bond donors (Lipinski definition) is 2. The molecule has 0 spiro atoms. The third kappa shape index (κ3) is 4.31. The molecule has 1 amide bonds. The van der Waals surface area contributed by atoms with Crippen molar-refractivity contribution >= 4 is 5.91 Å². The number of rotatable bonds is 5. The summed E-state index contributed by atoms with van der Waals surface area (Å²) in [6.07, 6.45) is 1.01. The summed E-state index contributed by atoms with van der Waals surface area (Å²) in [6, 6.07) is 14.9. The average molecular weight is 340 g/mol. The number of phenolic OH excluding ortho intramolecular Hbond substituents is 1. The van der Waals surface area contributed by atoms with Crippen molar-refractivity contribution in [3.63, 3.8) is 0 Å². The molecule has 1 aliphatic heterocycles. The molecule has 1 aliphatic rings. The molecule has 1 saturated heterocycles. The number of nitrogens with zero attached hydrogens (tertiary/aromatic N) is 1. The molecular weight excluding hydrogens is 316 g/mol. The standard InChI is InChI=1S/C20H24N2O3/c1-2-15-3-5-16(6-4-15)19-13-21-11-12-22(19)20(24)14-25-18-9-7-17(23)8-10-18/h3-10,19,21,23H,2,11-14H2,1H3. The minimum absolute atomic E-state index is 0.00564. The molecule has 2 aromatic rings. The van der Waals surface area contributed by atoms with Gasteiger partial charge in [0.25, 0.3) is 5.91 Å².